The van der Waals surface area contributed by atoms with Crippen LogP contribution in [0.1, 0.15) is 24.8 Å². The van der Waals surface area contributed by atoms with Crippen molar-refractivity contribution >= 4 is 27.6 Å². The van der Waals surface area contributed by atoms with Crippen molar-refractivity contribution < 1.29 is 4.79 Å². The Kier molecular flexibility index (Phi) is 4.56. The van der Waals surface area contributed by atoms with E-state index in [-0.39, 0.29) is 17.5 Å². The van der Waals surface area contributed by atoms with E-state index in [9.17, 15) is 14.9 Å². The number of rotatable bonds is 4. The summed E-state index contributed by atoms with van der Waals surface area (Å²) >= 11 is 0. The van der Waals surface area contributed by atoms with Crippen LogP contribution in [0.3, 0.4) is 0 Å². The van der Waals surface area contributed by atoms with Crippen molar-refractivity contribution in [2.24, 2.45) is 13.0 Å². The zero-order valence-corrected chi connectivity index (χ0v) is 16.9. The lowest BCUT2D eigenvalue weighted by molar-refractivity contribution is -0.124. The van der Waals surface area contributed by atoms with Gasteiger partial charge in [0, 0.05) is 30.3 Å². The summed E-state index contributed by atoms with van der Waals surface area (Å²) in [6.07, 6.45) is 3.64. The fourth-order valence-corrected chi connectivity index (χ4v) is 5.19. The first-order valence-electron chi connectivity index (χ1n) is 10.5. The predicted octanol–water partition coefficient (Wildman–Crippen LogP) is 2.38. The molecule has 1 saturated carbocycles. The van der Waals surface area contributed by atoms with E-state index in [1.54, 1.807) is 11.6 Å². The van der Waals surface area contributed by atoms with E-state index in [1.807, 2.05) is 42.5 Å². The maximum atomic E-state index is 12.9. The molecule has 5 rings (SSSR count). The summed E-state index contributed by atoms with van der Waals surface area (Å²) in [5.74, 6) is 0.294. The molecule has 0 spiro atoms. The Hall–Kier alpha value is -3.17. The first-order valence-corrected chi connectivity index (χ1v) is 10.5. The maximum absolute atomic E-state index is 12.9. The van der Waals surface area contributed by atoms with E-state index < -0.39 is 6.04 Å². The standard InChI is InChI=1S/C24H24N4O2/c1-28-21-5-3-2-4-19(21)18-9-6-14(11-20(18)24(28)30)10-17(13-25)27-23(29)22-15-7-8-16(12-15)26-22/h2-6,9,11,15-17,22,26H,7-8,10,12H2,1H3,(H,27,29). The normalized spacial score (nSPS) is 23.5. The van der Waals surface area contributed by atoms with Gasteiger partial charge in [0.15, 0.2) is 0 Å². The first kappa shape index (κ1) is 18.8. The molecule has 2 N–H and O–H groups in total. The average molecular weight is 400 g/mol. The molecule has 2 fully saturated rings. The number of fused-ring (bicyclic) bond motifs is 5. The fraction of sp³-hybridized carbons (Fsp3) is 0.375. The minimum absolute atomic E-state index is 0.0609. The van der Waals surface area contributed by atoms with E-state index in [0.29, 0.717) is 23.8 Å². The van der Waals surface area contributed by atoms with Crippen LogP contribution in [-0.2, 0) is 18.3 Å². The highest BCUT2D eigenvalue weighted by molar-refractivity contribution is 6.05. The molecule has 2 aliphatic rings. The Bertz CT molecular complexity index is 1260. The molecule has 0 radical (unpaired) electrons. The van der Waals surface area contributed by atoms with Gasteiger partial charge in [0.05, 0.1) is 17.6 Å². The SMILES string of the molecule is Cn1c(=O)c2cc(CC(C#N)NC(=O)C3NC4CCC3C4)ccc2c2ccccc21. The quantitative estimate of drug-likeness (QED) is 0.659. The third-order valence-electron chi connectivity index (χ3n) is 6.73. The summed E-state index contributed by atoms with van der Waals surface area (Å²) in [5, 5.41) is 18.4. The van der Waals surface area contributed by atoms with Crippen molar-refractivity contribution in [2.45, 2.75) is 43.8 Å². The van der Waals surface area contributed by atoms with Crippen molar-refractivity contribution in [3.8, 4) is 6.07 Å². The van der Waals surface area contributed by atoms with E-state index in [0.717, 1.165) is 41.1 Å². The number of nitrogens with one attached hydrogen (secondary N) is 2. The summed E-state index contributed by atoms with van der Waals surface area (Å²) in [6, 6.07) is 15.4. The van der Waals surface area contributed by atoms with Gasteiger partial charge in [-0.2, -0.15) is 5.26 Å². The summed E-state index contributed by atoms with van der Waals surface area (Å²) in [6.45, 7) is 0. The lowest BCUT2D eigenvalue weighted by Crippen LogP contribution is -2.50. The number of amides is 1. The maximum Gasteiger partial charge on any atom is 0.258 e. The average Bonchev–Trinajstić information content (AvgIpc) is 3.41. The lowest BCUT2D eigenvalue weighted by atomic mass is 9.98. The molecule has 1 saturated heterocycles. The number of hydrogen-bond acceptors (Lipinski definition) is 4. The number of piperidine rings is 1. The van der Waals surface area contributed by atoms with Crippen molar-refractivity contribution in [1.29, 1.82) is 5.26 Å². The summed E-state index contributed by atoms with van der Waals surface area (Å²) in [4.78, 5) is 25.6. The Labute approximate surface area is 174 Å². The molecule has 1 amide bonds. The van der Waals surface area contributed by atoms with Crippen molar-refractivity contribution in [3.63, 3.8) is 0 Å². The van der Waals surface area contributed by atoms with E-state index in [4.69, 9.17) is 0 Å². The van der Waals surface area contributed by atoms with Crippen LogP contribution in [-0.4, -0.2) is 28.6 Å². The Morgan fingerprint density at radius 3 is 2.80 bits per heavy atom. The van der Waals surface area contributed by atoms with Crippen LogP contribution in [0.2, 0.25) is 0 Å². The molecule has 1 aliphatic carbocycles. The number of carbonyl (C=O) groups is 1. The fourth-order valence-electron chi connectivity index (χ4n) is 5.19. The van der Waals surface area contributed by atoms with Gasteiger partial charge >= 0.3 is 0 Å². The summed E-state index contributed by atoms with van der Waals surface area (Å²) < 4.78 is 1.66. The van der Waals surface area contributed by atoms with Crippen LogP contribution in [0.15, 0.2) is 47.3 Å². The number of benzene rings is 2. The molecule has 4 unspecified atom stereocenters. The number of hydrogen-bond donors (Lipinski definition) is 2. The highest BCUT2D eigenvalue weighted by Gasteiger charge is 2.43. The number of aryl methyl sites for hydroxylation is 1. The van der Waals surface area contributed by atoms with E-state index >= 15 is 0 Å². The molecule has 1 aliphatic heterocycles. The van der Waals surface area contributed by atoms with E-state index in [1.165, 1.54) is 0 Å². The van der Waals surface area contributed by atoms with Gasteiger partial charge < -0.3 is 15.2 Å². The minimum Gasteiger partial charge on any atom is -0.339 e. The molecule has 152 valence electrons. The highest BCUT2D eigenvalue weighted by Crippen LogP contribution is 2.35. The first-order chi connectivity index (χ1) is 14.5. The summed E-state index contributed by atoms with van der Waals surface area (Å²) in [7, 11) is 1.78. The van der Waals surface area contributed by atoms with Crippen molar-refractivity contribution in [3.05, 3.63) is 58.4 Å². The highest BCUT2D eigenvalue weighted by atomic mass is 16.2. The number of nitrogens with zero attached hydrogens (tertiary/aromatic N) is 2. The van der Waals surface area contributed by atoms with Gasteiger partial charge in [-0.15, -0.1) is 0 Å². The predicted molar refractivity (Wildman–Crippen MR) is 116 cm³/mol. The number of carbonyl (C=O) groups excluding carboxylic acids is 1. The third-order valence-corrected chi connectivity index (χ3v) is 6.73. The smallest absolute Gasteiger partial charge is 0.258 e. The molecule has 6 nitrogen and oxygen atoms in total. The molecule has 6 heteroatoms. The summed E-state index contributed by atoms with van der Waals surface area (Å²) in [5.41, 5.74) is 1.69. The van der Waals surface area contributed by atoms with Crippen molar-refractivity contribution in [2.75, 3.05) is 0 Å². The Morgan fingerprint density at radius 1 is 1.23 bits per heavy atom. The third kappa shape index (κ3) is 3.06. The van der Waals surface area contributed by atoms with Gasteiger partial charge in [-0.3, -0.25) is 9.59 Å². The van der Waals surface area contributed by atoms with Gasteiger partial charge in [0.1, 0.15) is 6.04 Å². The molecule has 3 aromatic rings. The second kappa shape index (κ2) is 7.26. The van der Waals surface area contributed by atoms with E-state index in [2.05, 4.69) is 16.7 Å². The molecule has 1 aromatic heterocycles. The van der Waals surface area contributed by atoms with Crippen LogP contribution in [0, 0.1) is 17.2 Å². The molecule has 4 atom stereocenters. The second-order valence-electron chi connectivity index (χ2n) is 8.57. The van der Waals surface area contributed by atoms with Crippen molar-refractivity contribution in [1.82, 2.24) is 15.2 Å². The number of pyridine rings is 1. The van der Waals surface area contributed by atoms with Gasteiger partial charge in [-0.05, 0) is 48.3 Å². The minimum atomic E-state index is -0.625. The van der Waals surface area contributed by atoms with Crippen LogP contribution in [0.4, 0.5) is 0 Å². The van der Waals surface area contributed by atoms with Crippen LogP contribution in [0.25, 0.3) is 21.7 Å². The number of para-hydroxylation sites is 1. The molecule has 30 heavy (non-hydrogen) atoms. The second-order valence-corrected chi connectivity index (χ2v) is 8.57. The lowest BCUT2D eigenvalue weighted by Gasteiger charge is -2.23. The molecule has 2 heterocycles. The van der Waals surface area contributed by atoms with Crippen LogP contribution < -0.4 is 16.2 Å². The zero-order valence-electron chi connectivity index (χ0n) is 16.9. The zero-order chi connectivity index (χ0) is 20.8. The number of nitriles is 1. The molecule has 2 aromatic carbocycles. The van der Waals surface area contributed by atoms with Gasteiger partial charge in [-0.25, -0.2) is 0 Å². The van der Waals surface area contributed by atoms with Gasteiger partial charge in [0.25, 0.3) is 5.56 Å². The largest absolute Gasteiger partial charge is 0.339 e. The van der Waals surface area contributed by atoms with Crippen LogP contribution >= 0.6 is 0 Å². The number of aromatic nitrogens is 1. The van der Waals surface area contributed by atoms with Gasteiger partial charge in [0.2, 0.25) is 5.91 Å². The molecular weight excluding hydrogens is 376 g/mol. The molecular formula is C24H24N4O2. The van der Waals surface area contributed by atoms with Gasteiger partial charge in [-0.1, -0.05) is 30.3 Å². The topological polar surface area (TPSA) is 86.9 Å². The van der Waals surface area contributed by atoms with Crippen LogP contribution in [0.5, 0.6) is 0 Å². The molecule has 2 bridgehead atoms. The monoisotopic (exact) mass is 400 g/mol. The Balaban J connectivity index is 1.41. The Morgan fingerprint density at radius 2 is 2.07 bits per heavy atom.